The van der Waals surface area contributed by atoms with Crippen molar-refractivity contribution < 1.29 is 0 Å². The first-order valence-electron chi connectivity index (χ1n) is 13.1. The molecule has 3 nitrogen and oxygen atoms in total. The molecule has 0 fully saturated rings. The first-order valence-corrected chi connectivity index (χ1v) is 14.6. The van der Waals surface area contributed by atoms with Crippen LogP contribution in [0.5, 0.6) is 0 Å². The minimum Gasteiger partial charge on any atom is -0.313 e. The molecule has 1 heterocycles. The summed E-state index contributed by atoms with van der Waals surface area (Å²) in [5.74, 6) is 0.408. The van der Waals surface area contributed by atoms with Crippen LogP contribution in [0.2, 0.25) is 10.0 Å². The van der Waals surface area contributed by atoms with E-state index < -0.39 is 0 Å². The third kappa shape index (κ3) is 7.81. The minimum absolute atomic E-state index is 0.408. The van der Waals surface area contributed by atoms with E-state index in [1.165, 1.54) is 27.8 Å². The van der Waals surface area contributed by atoms with Crippen LogP contribution in [-0.2, 0) is 0 Å². The second-order valence-corrected chi connectivity index (χ2v) is 11.6. The van der Waals surface area contributed by atoms with Crippen molar-refractivity contribution in [2.24, 2.45) is 0 Å². The van der Waals surface area contributed by atoms with Gasteiger partial charge in [0.1, 0.15) is 0 Å². The molecule has 1 aliphatic carbocycles. The zero-order valence-electron chi connectivity index (χ0n) is 22.5. The van der Waals surface area contributed by atoms with Gasteiger partial charge in [0.15, 0.2) is 0 Å². The third-order valence-electron chi connectivity index (χ3n) is 6.97. The number of hydrogen-bond acceptors (Lipinski definition) is 3. The Morgan fingerprint density at radius 1 is 0.923 bits per heavy atom. The Hall–Kier alpha value is -2.47. The zero-order valence-corrected chi connectivity index (χ0v) is 25.6. The van der Waals surface area contributed by atoms with Crippen molar-refractivity contribution in [3.05, 3.63) is 140 Å². The van der Waals surface area contributed by atoms with Crippen LogP contribution in [0.15, 0.2) is 102 Å². The number of benzene rings is 3. The third-order valence-corrected chi connectivity index (χ3v) is 8.24. The number of nitrogens with one attached hydrogen (secondary N) is 1. The monoisotopic (exact) mass is 621 g/mol. The number of pyridine rings is 1. The van der Waals surface area contributed by atoms with Gasteiger partial charge in [0.2, 0.25) is 0 Å². The summed E-state index contributed by atoms with van der Waals surface area (Å²) in [5, 5.41) is 4.66. The molecule has 2 atom stereocenters. The molecule has 5 rings (SSSR count). The lowest BCUT2D eigenvalue weighted by Gasteiger charge is -2.32. The van der Waals surface area contributed by atoms with Crippen molar-refractivity contribution >= 4 is 44.7 Å². The van der Waals surface area contributed by atoms with Crippen LogP contribution in [0.25, 0.3) is 5.57 Å². The minimum atomic E-state index is 0.408. The molecule has 3 aromatic carbocycles. The Bertz CT molecular complexity index is 1390. The van der Waals surface area contributed by atoms with E-state index >= 15 is 0 Å². The topological polar surface area (TPSA) is 28.2 Å². The number of halogens is 3. The number of hydrogen-bond donors (Lipinski definition) is 1. The van der Waals surface area contributed by atoms with Crippen LogP contribution >= 0.6 is 39.1 Å². The smallest absolute Gasteiger partial charge is 0.0595 e. The fourth-order valence-corrected chi connectivity index (χ4v) is 5.56. The molecular weight excluding hydrogens is 589 g/mol. The molecule has 0 saturated heterocycles. The lowest BCUT2D eigenvalue weighted by molar-refractivity contribution is 0.457. The summed E-state index contributed by atoms with van der Waals surface area (Å²) in [5.41, 5.74) is 7.62. The molecule has 0 spiro atoms. The van der Waals surface area contributed by atoms with Crippen molar-refractivity contribution in [1.29, 1.82) is 0 Å². The summed E-state index contributed by atoms with van der Waals surface area (Å²) in [6.07, 6.45) is 8.21. The van der Waals surface area contributed by atoms with Crippen molar-refractivity contribution in [2.75, 3.05) is 27.7 Å². The summed E-state index contributed by atoms with van der Waals surface area (Å²) in [6.45, 7) is 0.903. The summed E-state index contributed by atoms with van der Waals surface area (Å²) in [7, 11) is 6.17. The largest absolute Gasteiger partial charge is 0.313 e. The maximum absolute atomic E-state index is 6.17. The summed E-state index contributed by atoms with van der Waals surface area (Å²) >= 11 is 15.7. The average Bonchev–Trinajstić information content (AvgIpc) is 2.96. The highest BCUT2D eigenvalue weighted by Crippen LogP contribution is 2.42. The first kappa shape index (κ1) is 29.5. The van der Waals surface area contributed by atoms with Gasteiger partial charge in [0, 0.05) is 40.9 Å². The van der Waals surface area contributed by atoms with Gasteiger partial charge in [-0.05, 0) is 92.1 Å². The van der Waals surface area contributed by atoms with E-state index in [-0.39, 0.29) is 0 Å². The molecule has 1 aliphatic rings. The Balaban J connectivity index is 0.000000181. The summed E-state index contributed by atoms with van der Waals surface area (Å²) in [4.78, 5) is 6.36. The fraction of sp³-hybridized carbons (Fsp3) is 0.242. The van der Waals surface area contributed by atoms with Gasteiger partial charge in [0.05, 0.1) is 10.0 Å². The summed E-state index contributed by atoms with van der Waals surface area (Å²) in [6, 6.07) is 27.6. The molecule has 0 aliphatic heterocycles. The Morgan fingerprint density at radius 2 is 1.67 bits per heavy atom. The van der Waals surface area contributed by atoms with Crippen molar-refractivity contribution in [1.82, 2.24) is 15.2 Å². The predicted molar refractivity (Wildman–Crippen MR) is 170 cm³/mol. The second kappa shape index (κ2) is 14.2. The Morgan fingerprint density at radius 3 is 2.31 bits per heavy atom. The van der Waals surface area contributed by atoms with Crippen molar-refractivity contribution in [3.8, 4) is 0 Å². The zero-order chi connectivity index (χ0) is 27.8. The van der Waals surface area contributed by atoms with Gasteiger partial charge < -0.3 is 10.2 Å². The number of fused-ring (bicyclic) bond motifs is 1. The number of nitrogens with zero attached hydrogens (tertiary/aromatic N) is 2. The van der Waals surface area contributed by atoms with E-state index in [0.717, 1.165) is 29.4 Å². The van der Waals surface area contributed by atoms with Gasteiger partial charge in [-0.25, -0.2) is 0 Å². The van der Waals surface area contributed by atoms with Gasteiger partial charge >= 0.3 is 0 Å². The van der Waals surface area contributed by atoms with Gasteiger partial charge in [-0.1, -0.05) is 93.7 Å². The van der Waals surface area contributed by atoms with E-state index in [1.807, 2.05) is 31.4 Å². The molecule has 1 N–H and O–H groups in total. The molecule has 39 heavy (non-hydrogen) atoms. The Kier molecular flexibility index (Phi) is 10.8. The maximum atomic E-state index is 6.17. The lowest BCUT2D eigenvalue weighted by atomic mass is 9.77. The molecule has 6 heteroatoms. The lowest BCUT2D eigenvalue weighted by Crippen LogP contribution is -2.24. The van der Waals surface area contributed by atoms with E-state index in [1.54, 1.807) is 6.20 Å². The van der Waals surface area contributed by atoms with E-state index in [0.29, 0.717) is 22.0 Å². The first-order chi connectivity index (χ1) is 18.9. The van der Waals surface area contributed by atoms with Crippen LogP contribution in [0.3, 0.4) is 0 Å². The van der Waals surface area contributed by atoms with Crippen LogP contribution in [0.1, 0.15) is 52.6 Å². The fourth-order valence-electron chi connectivity index (χ4n) is 4.99. The van der Waals surface area contributed by atoms with Crippen LogP contribution in [0.4, 0.5) is 0 Å². The van der Waals surface area contributed by atoms with Gasteiger partial charge in [-0.3, -0.25) is 4.98 Å². The second-order valence-electron chi connectivity index (χ2n) is 9.90. The molecule has 0 saturated carbocycles. The number of likely N-dealkylation sites (N-methyl/N-ethyl adjacent to an activating group) is 1. The van der Waals surface area contributed by atoms with Crippen LogP contribution in [0, 0.1) is 0 Å². The highest BCUT2D eigenvalue weighted by molar-refractivity contribution is 9.10. The molecule has 0 bridgehead atoms. The van der Waals surface area contributed by atoms with Crippen LogP contribution < -0.4 is 5.32 Å². The maximum Gasteiger partial charge on any atom is 0.0595 e. The molecule has 0 unspecified atom stereocenters. The van der Waals surface area contributed by atoms with Crippen molar-refractivity contribution in [3.63, 3.8) is 0 Å². The molecule has 1 aromatic heterocycles. The number of aromatic nitrogens is 1. The average molecular weight is 623 g/mol. The van der Waals surface area contributed by atoms with E-state index in [4.69, 9.17) is 23.2 Å². The predicted octanol–water partition coefficient (Wildman–Crippen LogP) is 9.02. The van der Waals surface area contributed by atoms with Crippen molar-refractivity contribution in [2.45, 2.75) is 24.8 Å². The SMILES string of the molecule is CN(C)C/C=C(/c1ccc(Br)cc1)c1cccnc1.CN[C@H]1CC[C@@H](c2ccc(Cl)c(Cl)c2)c2ccccc21. The van der Waals surface area contributed by atoms with Gasteiger partial charge in [-0.15, -0.1) is 0 Å². The standard InChI is InChI=1S/C17H17Cl2N.C16H17BrN2/c1-20-17-9-7-12(13-4-2-3-5-14(13)17)11-6-8-15(18)16(19)10-11;1-19(2)11-9-16(14-4-3-10-18-12-14)13-5-7-15(17)8-6-13/h2-6,8,10,12,17,20H,7,9H2,1H3;3-10,12H,11H2,1-2H3/b;16-9-/t12-,17-;/m0./s1. The highest BCUT2D eigenvalue weighted by atomic mass is 79.9. The number of rotatable bonds is 6. The quantitative estimate of drug-likeness (QED) is 0.232. The molecular formula is C33H34BrCl2N3. The van der Waals surface area contributed by atoms with Crippen LogP contribution in [-0.4, -0.2) is 37.6 Å². The highest BCUT2D eigenvalue weighted by Gasteiger charge is 2.27. The molecule has 202 valence electrons. The Labute approximate surface area is 251 Å². The van der Waals surface area contributed by atoms with Gasteiger partial charge in [0.25, 0.3) is 0 Å². The van der Waals surface area contributed by atoms with Gasteiger partial charge in [-0.2, -0.15) is 0 Å². The summed E-state index contributed by atoms with van der Waals surface area (Å²) < 4.78 is 1.09. The molecule has 4 aromatic rings. The van der Waals surface area contributed by atoms with E-state index in [2.05, 4.69) is 112 Å². The molecule has 0 radical (unpaired) electrons. The normalized spacial score (nSPS) is 16.8. The van der Waals surface area contributed by atoms with E-state index in [9.17, 15) is 0 Å². The molecule has 0 amide bonds.